The summed E-state index contributed by atoms with van der Waals surface area (Å²) in [5.41, 5.74) is 1.94. The summed E-state index contributed by atoms with van der Waals surface area (Å²) in [4.78, 5) is 24.5. The zero-order valence-electron chi connectivity index (χ0n) is 13.7. The zero-order valence-corrected chi connectivity index (χ0v) is 15.3. The highest BCUT2D eigenvalue weighted by Crippen LogP contribution is 2.19. The predicted molar refractivity (Wildman–Crippen MR) is 99.9 cm³/mol. The molecule has 7 heteroatoms. The van der Waals surface area contributed by atoms with Crippen molar-refractivity contribution < 1.29 is 18.4 Å². The number of carbonyl (C=O) groups excluding carboxylic acids is 2. The third kappa shape index (κ3) is 4.18. The van der Waals surface area contributed by atoms with Crippen LogP contribution in [-0.4, -0.2) is 11.8 Å². The summed E-state index contributed by atoms with van der Waals surface area (Å²) in [6, 6.07) is 13.8. The van der Waals surface area contributed by atoms with Gasteiger partial charge in [0, 0.05) is 16.9 Å². The fourth-order valence-corrected chi connectivity index (χ4v) is 2.64. The number of aryl methyl sites for hydroxylation is 1. The number of nitrogens with one attached hydrogen (secondary N) is 2. The second kappa shape index (κ2) is 7.53. The van der Waals surface area contributed by atoms with E-state index in [9.17, 15) is 14.0 Å². The first kappa shape index (κ1) is 17.9. The molecule has 1 heterocycles. The van der Waals surface area contributed by atoms with Crippen molar-refractivity contribution in [3.05, 3.63) is 82.0 Å². The number of hydrogen-bond acceptors (Lipinski definition) is 3. The van der Waals surface area contributed by atoms with Crippen molar-refractivity contribution in [2.75, 3.05) is 10.6 Å². The van der Waals surface area contributed by atoms with E-state index in [2.05, 4.69) is 26.6 Å². The topological polar surface area (TPSA) is 71.3 Å². The molecule has 0 aliphatic rings. The minimum atomic E-state index is -0.428. The third-order valence-electron chi connectivity index (χ3n) is 3.62. The van der Waals surface area contributed by atoms with Crippen LogP contribution in [0.4, 0.5) is 15.8 Å². The second-order valence-corrected chi connectivity index (χ2v) is 6.33. The predicted octanol–water partition coefficient (Wildman–Crippen LogP) is 4.99. The first-order valence-corrected chi connectivity index (χ1v) is 8.46. The van der Waals surface area contributed by atoms with Gasteiger partial charge < -0.3 is 15.1 Å². The molecule has 0 atom stereocenters. The molecule has 3 rings (SSSR count). The monoisotopic (exact) mass is 416 g/mol. The molecule has 3 aromatic rings. The molecule has 2 aromatic carbocycles. The van der Waals surface area contributed by atoms with E-state index in [-0.39, 0.29) is 17.5 Å². The molecular formula is C19H14BrFN2O3. The first-order valence-electron chi connectivity index (χ1n) is 7.66. The maximum absolute atomic E-state index is 13.2. The normalized spacial score (nSPS) is 10.4. The Labute approximate surface area is 157 Å². The van der Waals surface area contributed by atoms with Gasteiger partial charge in [-0.25, -0.2) is 4.39 Å². The van der Waals surface area contributed by atoms with Crippen LogP contribution in [0.2, 0.25) is 0 Å². The number of rotatable bonds is 4. The van der Waals surface area contributed by atoms with Crippen LogP contribution in [0.15, 0.2) is 63.7 Å². The van der Waals surface area contributed by atoms with E-state index in [1.165, 1.54) is 24.3 Å². The van der Waals surface area contributed by atoms with Crippen LogP contribution in [0, 0.1) is 12.7 Å². The molecule has 1 aromatic heterocycles. The number of benzene rings is 2. The van der Waals surface area contributed by atoms with E-state index in [0.717, 1.165) is 0 Å². The van der Waals surface area contributed by atoms with Crippen molar-refractivity contribution in [3.8, 4) is 0 Å². The molecule has 0 radical (unpaired) electrons. The van der Waals surface area contributed by atoms with Gasteiger partial charge in [0.05, 0.1) is 0 Å². The fourth-order valence-electron chi connectivity index (χ4n) is 2.33. The largest absolute Gasteiger partial charge is 0.444 e. The van der Waals surface area contributed by atoms with E-state index < -0.39 is 5.91 Å². The fraction of sp³-hybridized carbons (Fsp3) is 0.0526. The molecule has 0 aliphatic carbocycles. The van der Waals surface area contributed by atoms with Gasteiger partial charge >= 0.3 is 0 Å². The molecule has 0 spiro atoms. The van der Waals surface area contributed by atoms with Gasteiger partial charge in [0.15, 0.2) is 10.4 Å². The Hall–Kier alpha value is -2.93. The lowest BCUT2D eigenvalue weighted by molar-refractivity contribution is 0.0992. The Bertz CT molecular complexity index is 984. The summed E-state index contributed by atoms with van der Waals surface area (Å²) in [7, 11) is 0. The molecule has 2 N–H and O–H groups in total. The smallest absolute Gasteiger partial charge is 0.291 e. The van der Waals surface area contributed by atoms with Crippen LogP contribution in [0.5, 0.6) is 0 Å². The van der Waals surface area contributed by atoms with E-state index >= 15 is 0 Å². The Kier molecular flexibility index (Phi) is 5.18. The molecule has 5 nitrogen and oxygen atoms in total. The maximum atomic E-state index is 13.2. The average molecular weight is 417 g/mol. The molecule has 0 bridgehead atoms. The molecule has 2 amide bonds. The van der Waals surface area contributed by atoms with Crippen LogP contribution in [0.25, 0.3) is 0 Å². The van der Waals surface area contributed by atoms with Crippen LogP contribution in [0.1, 0.15) is 26.5 Å². The van der Waals surface area contributed by atoms with Gasteiger partial charge in [-0.05, 0) is 76.9 Å². The molecule has 132 valence electrons. The van der Waals surface area contributed by atoms with Crippen LogP contribution in [0.3, 0.4) is 0 Å². The molecular weight excluding hydrogens is 403 g/mol. The summed E-state index contributed by atoms with van der Waals surface area (Å²) in [5.74, 6) is -1.01. The zero-order chi connectivity index (χ0) is 18.7. The Morgan fingerprint density at radius 2 is 1.81 bits per heavy atom. The number of carbonyl (C=O) groups is 2. The standard InChI is InChI=1S/C19H14BrFN2O3/c1-11-9-13(21)5-6-15(11)23-18(24)12-3-2-4-14(10-12)22-19(25)16-7-8-17(20)26-16/h2-10H,1H3,(H,22,25)(H,23,24). The molecule has 0 unspecified atom stereocenters. The van der Waals surface area contributed by atoms with Crippen LogP contribution < -0.4 is 10.6 Å². The lowest BCUT2D eigenvalue weighted by atomic mass is 10.1. The SMILES string of the molecule is Cc1cc(F)ccc1NC(=O)c1cccc(NC(=O)c2ccc(Br)o2)c1. The number of anilines is 2. The molecule has 0 saturated heterocycles. The summed E-state index contributed by atoms with van der Waals surface area (Å²) < 4.78 is 18.8. The van der Waals surface area contributed by atoms with E-state index in [1.54, 1.807) is 37.3 Å². The lowest BCUT2D eigenvalue weighted by Gasteiger charge is -2.10. The van der Waals surface area contributed by atoms with Crippen molar-refractivity contribution in [1.29, 1.82) is 0 Å². The van der Waals surface area contributed by atoms with Gasteiger partial charge in [-0.15, -0.1) is 0 Å². The highest BCUT2D eigenvalue weighted by atomic mass is 79.9. The molecule has 0 saturated carbocycles. The second-order valence-electron chi connectivity index (χ2n) is 5.55. The number of hydrogen-bond donors (Lipinski definition) is 2. The minimum absolute atomic E-state index is 0.147. The Morgan fingerprint density at radius 1 is 1.00 bits per heavy atom. The summed E-state index contributed by atoms with van der Waals surface area (Å²) in [6.07, 6.45) is 0. The minimum Gasteiger partial charge on any atom is -0.444 e. The Morgan fingerprint density at radius 3 is 2.50 bits per heavy atom. The number of amides is 2. The highest BCUT2D eigenvalue weighted by Gasteiger charge is 2.13. The lowest BCUT2D eigenvalue weighted by Crippen LogP contribution is -2.14. The van der Waals surface area contributed by atoms with E-state index in [4.69, 9.17) is 4.42 Å². The van der Waals surface area contributed by atoms with Crippen molar-refractivity contribution >= 4 is 39.1 Å². The van der Waals surface area contributed by atoms with Crippen molar-refractivity contribution in [1.82, 2.24) is 0 Å². The summed E-state index contributed by atoms with van der Waals surface area (Å²) >= 11 is 3.14. The van der Waals surface area contributed by atoms with Crippen LogP contribution >= 0.6 is 15.9 Å². The summed E-state index contributed by atoms with van der Waals surface area (Å²) in [6.45, 7) is 1.71. The quantitative estimate of drug-likeness (QED) is 0.628. The molecule has 0 aliphatic heterocycles. The first-order chi connectivity index (χ1) is 12.4. The van der Waals surface area contributed by atoms with E-state index in [1.807, 2.05) is 0 Å². The molecule has 0 fully saturated rings. The maximum Gasteiger partial charge on any atom is 0.291 e. The Balaban J connectivity index is 1.74. The van der Waals surface area contributed by atoms with Crippen molar-refractivity contribution in [2.24, 2.45) is 0 Å². The molecule has 26 heavy (non-hydrogen) atoms. The van der Waals surface area contributed by atoms with Crippen molar-refractivity contribution in [3.63, 3.8) is 0 Å². The van der Waals surface area contributed by atoms with Gasteiger partial charge in [0.1, 0.15) is 5.82 Å². The van der Waals surface area contributed by atoms with Gasteiger partial charge in [-0.2, -0.15) is 0 Å². The van der Waals surface area contributed by atoms with Gasteiger partial charge in [0.25, 0.3) is 11.8 Å². The van der Waals surface area contributed by atoms with Gasteiger partial charge in [0.2, 0.25) is 0 Å². The number of furan rings is 1. The van der Waals surface area contributed by atoms with Gasteiger partial charge in [-0.1, -0.05) is 6.07 Å². The van der Waals surface area contributed by atoms with E-state index in [0.29, 0.717) is 27.2 Å². The third-order valence-corrected chi connectivity index (χ3v) is 4.04. The van der Waals surface area contributed by atoms with Gasteiger partial charge in [-0.3, -0.25) is 9.59 Å². The number of halogens is 2. The summed E-state index contributed by atoms with van der Waals surface area (Å²) in [5, 5.41) is 5.39. The highest BCUT2D eigenvalue weighted by molar-refractivity contribution is 9.10. The van der Waals surface area contributed by atoms with Crippen molar-refractivity contribution in [2.45, 2.75) is 6.92 Å². The van der Waals surface area contributed by atoms with Crippen LogP contribution in [-0.2, 0) is 0 Å². The average Bonchev–Trinajstić information content (AvgIpc) is 3.04.